The molecule has 1 aliphatic heterocycles. The monoisotopic (exact) mass is 531 g/mol. The molecule has 1 fully saturated rings. The molecule has 1 aromatic heterocycles. The number of benzene rings is 2. The largest absolute Gasteiger partial charge is 0.340 e. The zero-order valence-corrected chi connectivity index (χ0v) is 22.3. The second-order valence-electron chi connectivity index (χ2n) is 8.62. The first-order valence-corrected chi connectivity index (χ1v) is 13.9. The van der Waals surface area contributed by atoms with Gasteiger partial charge in [0.2, 0.25) is 5.91 Å². The first kappa shape index (κ1) is 26.0. The van der Waals surface area contributed by atoms with Gasteiger partial charge in [-0.05, 0) is 43.1 Å². The maximum absolute atomic E-state index is 12.6. The summed E-state index contributed by atoms with van der Waals surface area (Å²) < 4.78 is 2.05. The number of piperazine rings is 1. The smallest absolute Gasteiger partial charge is 0.222 e. The van der Waals surface area contributed by atoms with Crippen LogP contribution in [0.4, 0.5) is 0 Å². The summed E-state index contributed by atoms with van der Waals surface area (Å²) in [7, 11) is 0. The van der Waals surface area contributed by atoms with E-state index in [1.165, 1.54) is 0 Å². The lowest BCUT2D eigenvalue weighted by molar-refractivity contribution is -0.133. The Kier molecular flexibility index (Phi) is 9.49. The van der Waals surface area contributed by atoms with E-state index in [1.807, 2.05) is 35.2 Å². The van der Waals surface area contributed by atoms with Crippen molar-refractivity contribution in [3.05, 3.63) is 70.0 Å². The number of likely N-dealkylation sites (N-methyl/N-ethyl adjacent to an activating group) is 1. The average Bonchev–Trinajstić information content (AvgIpc) is 3.28. The summed E-state index contributed by atoms with van der Waals surface area (Å²) in [6.07, 6.45) is 3.07. The van der Waals surface area contributed by atoms with Gasteiger partial charge in [-0.25, -0.2) is 0 Å². The molecule has 6 nitrogen and oxygen atoms in total. The molecule has 0 saturated carbocycles. The molecule has 2 aromatic carbocycles. The van der Waals surface area contributed by atoms with Gasteiger partial charge >= 0.3 is 0 Å². The van der Waals surface area contributed by atoms with Crippen molar-refractivity contribution in [1.29, 1.82) is 0 Å². The van der Waals surface area contributed by atoms with Crippen molar-refractivity contribution >= 4 is 40.9 Å². The fraction of sp³-hybridized carbons (Fsp3) is 0.423. The van der Waals surface area contributed by atoms with Crippen LogP contribution in [0.5, 0.6) is 0 Å². The molecule has 4 rings (SSSR count). The van der Waals surface area contributed by atoms with Gasteiger partial charge in [0.1, 0.15) is 5.82 Å². The number of hydrogen-bond donors (Lipinski definition) is 0. The van der Waals surface area contributed by atoms with E-state index in [0.29, 0.717) is 22.9 Å². The van der Waals surface area contributed by atoms with Crippen LogP contribution in [0.25, 0.3) is 5.69 Å². The van der Waals surface area contributed by atoms with Crippen LogP contribution in [-0.4, -0.2) is 68.9 Å². The molecule has 3 aromatic rings. The lowest BCUT2D eigenvalue weighted by atomic mass is 10.1. The van der Waals surface area contributed by atoms with Gasteiger partial charge in [-0.3, -0.25) is 9.36 Å². The molecular weight excluding hydrogens is 501 g/mol. The van der Waals surface area contributed by atoms with Crippen molar-refractivity contribution in [3.63, 3.8) is 0 Å². The van der Waals surface area contributed by atoms with Gasteiger partial charge in [0.05, 0.1) is 15.7 Å². The van der Waals surface area contributed by atoms with E-state index < -0.39 is 0 Å². The Balaban J connectivity index is 1.36. The first-order chi connectivity index (χ1) is 17.0. The summed E-state index contributed by atoms with van der Waals surface area (Å²) in [5.74, 6) is 1.98. The zero-order valence-electron chi connectivity index (χ0n) is 20.0. The number of aromatic nitrogens is 3. The summed E-state index contributed by atoms with van der Waals surface area (Å²) in [5.41, 5.74) is 2.05. The molecule has 0 unspecified atom stereocenters. The number of amides is 1. The maximum atomic E-state index is 12.6. The highest BCUT2D eigenvalue weighted by molar-refractivity contribution is 7.99. The van der Waals surface area contributed by atoms with Crippen molar-refractivity contribution in [1.82, 2.24) is 24.6 Å². The van der Waals surface area contributed by atoms with E-state index >= 15 is 0 Å². The number of hydrogen-bond acceptors (Lipinski definition) is 5. The van der Waals surface area contributed by atoms with Crippen molar-refractivity contribution in [2.75, 3.05) is 38.5 Å². The van der Waals surface area contributed by atoms with E-state index in [4.69, 9.17) is 23.2 Å². The van der Waals surface area contributed by atoms with Gasteiger partial charge in [0.15, 0.2) is 5.16 Å². The summed E-state index contributed by atoms with van der Waals surface area (Å²) >= 11 is 14.1. The highest BCUT2D eigenvalue weighted by Crippen LogP contribution is 2.29. The molecule has 0 N–H and O–H groups in total. The summed E-state index contributed by atoms with van der Waals surface area (Å²) in [5, 5.41) is 10.8. The minimum atomic E-state index is 0.273. The van der Waals surface area contributed by atoms with Crippen LogP contribution in [-0.2, 0) is 11.2 Å². The molecule has 186 valence electrons. The van der Waals surface area contributed by atoms with Crippen molar-refractivity contribution in [3.8, 4) is 5.69 Å². The predicted octanol–water partition coefficient (Wildman–Crippen LogP) is 5.59. The Morgan fingerprint density at radius 2 is 1.74 bits per heavy atom. The molecule has 0 atom stereocenters. The number of rotatable bonds is 10. The fourth-order valence-corrected chi connectivity index (χ4v) is 5.45. The molecule has 0 radical (unpaired) electrons. The maximum Gasteiger partial charge on any atom is 0.222 e. The standard InChI is InChI=1S/C26H31Cl2N5OS/c1-2-31-13-15-32(16-14-31)25(34)10-6-7-17-35-26-30-29-24(18-20-8-4-3-5-9-20)33(26)21-11-12-22(27)23(28)19-21/h3-5,8-9,11-12,19H,2,6-7,10,13-18H2,1H3. The highest BCUT2D eigenvalue weighted by atomic mass is 35.5. The van der Waals surface area contributed by atoms with Crippen LogP contribution < -0.4 is 0 Å². The van der Waals surface area contributed by atoms with Crippen molar-refractivity contribution in [2.24, 2.45) is 0 Å². The van der Waals surface area contributed by atoms with Gasteiger partial charge in [0, 0.05) is 44.8 Å². The van der Waals surface area contributed by atoms with E-state index in [9.17, 15) is 4.79 Å². The molecule has 0 spiro atoms. The van der Waals surface area contributed by atoms with Crippen LogP contribution in [0.15, 0.2) is 53.7 Å². The molecule has 9 heteroatoms. The Hall–Kier alpha value is -2.06. The van der Waals surface area contributed by atoms with Gasteiger partial charge in [-0.15, -0.1) is 10.2 Å². The van der Waals surface area contributed by atoms with E-state index in [2.05, 4.69) is 38.7 Å². The topological polar surface area (TPSA) is 54.3 Å². The molecule has 1 saturated heterocycles. The van der Waals surface area contributed by atoms with Crippen LogP contribution in [0, 0.1) is 0 Å². The third-order valence-corrected chi connectivity index (χ3v) is 8.01. The van der Waals surface area contributed by atoms with Gasteiger partial charge in [-0.1, -0.05) is 72.2 Å². The third-order valence-electron chi connectivity index (χ3n) is 6.26. The number of halogens is 2. The molecule has 35 heavy (non-hydrogen) atoms. The summed E-state index contributed by atoms with van der Waals surface area (Å²) in [4.78, 5) is 16.9. The lowest BCUT2D eigenvalue weighted by Crippen LogP contribution is -2.48. The van der Waals surface area contributed by atoms with Gasteiger partial charge in [0.25, 0.3) is 0 Å². The molecule has 0 bridgehead atoms. The number of unbranched alkanes of at least 4 members (excludes halogenated alkanes) is 1. The number of carbonyl (C=O) groups is 1. The molecule has 1 amide bonds. The fourth-order valence-electron chi connectivity index (χ4n) is 4.18. The number of carbonyl (C=O) groups excluding carboxylic acids is 1. The zero-order chi connectivity index (χ0) is 24.6. The van der Waals surface area contributed by atoms with Crippen LogP contribution in [0.3, 0.4) is 0 Å². The van der Waals surface area contributed by atoms with Crippen LogP contribution in [0.2, 0.25) is 10.0 Å². The highest BCUT2D eigenvalue weighted by Gasteiger charge is 2.20. The Morgan fingerprint density at radius 3 is 2.46 bits per heavy atom. The van der Waals surface area contributed by atoms with Crippen LogP contribution in [0.1, 0.15) is 37.6 Å². The minimum Gasteiger partial charge on any atom is -0.340 e. The number of thioether (sulfide) groups is 1. The van der Waals surface area contributed by atoms with Crippen LogP contribution >= 0.6 is 35.0 Å². The van der Waals surface area contributed by atoms with Crippen molar-refractivity contribution < 1.29 is 4.79 Å². The summed E-state index contributed by atoms with van der Waals surface area (Å²) in [6.45, 7) is 6.87. The predicted molar refractivity (Wildman–Crippen MR) is 144 cm³/mol. The SMILES string of the molecule is CCN1CCN(C(=O)CCCCSc2nnc(Cc3ccccc3)n2-c2ccc(Cl)c(Cl)c2)CC1. The second kappa shape index (κ2) is 12.8. The average molecular weight is 533 g/mol. The minimum absolute atomic E-state index is 0.273. The molecule has 1 aliphatic rings. The molecule has 2 heterocycles. The van der Waals surface area contributed by atoms with Gasteiger partial charge in [-0.2, -0.15) is 0 Å². The Morgan fingerprint density at radius 1 is 0.971 bits per heavy atom. The van der Waals surface area contributed by atoms with E-state index in [0.717, 1.165) is 73.5 Å². The number of nitrogens with zero attached hydrogens (tertiary/aromatic N) is 5. The Bertz CT molecular complexity index is 1120. The quantitative estimate of drug-likeness (QED) is 0.252. The molecular formula is C26H31Cl2N5OS. The third kappa shape index (κ3) is 7.00. The van der Waals surface area contributed by atoms with E-state index in [1.54, 1.807) is 17.8 Å². The first-order valence-electron chi connectivity index (χ1n) is 12.1. The lowest BCUT2D eigenvalue weighted by Gasteiger charge is -2.34. The van der Waals surface area contributed by atoms with Gasteiger partial charge < -0.3 is 9.80 Å². The molecule has 0 aliphatic carbocycles. The second-order valence-corrected chi connectivity index (χ2v) is 10.5. The van der Waals surface area contributed by atoms with E-state index in [-0.39, 0.29) is 5.91 Å². The summed E-state index contributed by atoms with van der Waals surface area (Å²) in [6, 6.07) is 15.8. The normalized spacial score (nSPS) is 14.4. The Labute approximate surface area is 221 Å². The van der Waals surface area contributed by atoms with Crippen molar-refractivity contribution in [2.45, 2.75) is 37.8 Å².